The molecule has 5 nitrogen and oxygen atoms in total. The molecular formula is C41H25N5. The molecule has 0 saturated carbocycles. The average Bonchev–Trinajstić information content (AvgIpc) is 3.67. The van der Waals surface area contributed by atoms with Crippen LogP contribution in [-0.4, -0.2) is 24.5 Å². The summed E-state index contributed by atoms with van der Waals surface area (Å²) in [7, 11) is 0. The minimum absolute atomic E-state index is 0.593. The molecule has 3 aromatic heterocycles. The van der Waals surface area contributed by atoms with Crippen LogP contribution in [-0.2, 0) is 0 Å². The van der Waals surface area contributed by atoms with Gasteiger partial charge in [-0.3, -0.25) is 4.57 Å². The number of fused-ring (bicyclic) bond motifs is 11. The van der Waals surface area contributed by atoms with Crippen molar-refractivity contribution in [2.75, 3.05) is 0 Å². The maximum atomic E-state index is 5.17. The van der Waals surface area contributed by atoms with Crippen LogP contribution in [0.3, 0.4) is 0 Å². The van der Waals surface area contributed by atoms with Gasteiger partial charge in [0.15, 0.2) is 11.6 Å². The number of hydrogen-bond acceptors (Lipinski definition) is 3. The van der Waals surface area contributed by atoms with Crippen LogP contribution < -0.4 is 0 Å². The molecule has 1 N–H and O–H groups in total. The first-order valence-electron chi connectivity index (χ1n) is 15.5. The Morgan fingerprint density at radius 2 is 1.00 bits per heavy atom. The second-order valence-electron chi connectivity index (χ2n) is 11.8. The van der Waals surface area contributed by atoms with Gasteiger partial charge < -0.3 is 4.98 Å². The molecule has 46 heavy (non-hydrogen) atoms. The van der Waals surface area contributed by atoms with Gasteiger partial charge in [-0.15, -0.1) is 0 Å². The summed E-state index contributed by atoms with van der Waals surface area (Å²) in [6.45, 7) is 0. The van der Waals surface area contributed by atoms with E-state index in [1.165, 1.54) is 32.3 Å². The van der Waals surface area contributed by atoms with E-state index in [0.29, 0.717) is 17.6 Å². The molecule has 7 aromatic carbocycles. The van der Waals surface area contributed by atoms with Crippen molar-refractivity contribution in [3.63, 3.8) is 0 Å². The summed E-state index contributed by atoms with van der Waals surface area (Å²) < 4.78 is 2.24. The molecule has 10 rings (SSSR count). The SMILES string of the molecule is c1ccc(-c2nc(-c3ccccc3)nc(-n3c4ccccc4c4c5cc6[nH]c7ccccc7c6cc5c5ccccc5c43)n2)cc1. The lowest BCUT2D eigenvalue weighted by Gasteiger charge is -2.13. The Labute approximate surface area is 263 Å². The lowest BCUT2D eigenvalue weighted by molar-refractivity contribution is 0.955. The predicted molar refractivity (Wildman–Crippen MR) is 189 cm³/mol. The summed E-state index contributed by atoms with van der Waals surface area (Å²) >= 11 is 0. The monoisotopic (exact) mass is 587 g/mol. The molecule has 0 aliphatic carbocycles. The van der Waals surface area contributed by atoms with Crippen molar-refractivity contribution in [2.24, 2.45) is 0 Å². The van der Waals surface area contributed by atoms with Crippen LogP contribution in [0.1, 0.15) is 0 Å². The maximum Gasteiger partial charge on any atom is 0.238 e. The van der Waals surface area contributed by atoms with Crippen molar-refractivity contribution in [3.8, 4) is 28.7 Å². The Balaban J connectivity index is 1.39. The standard InChI is InChI=1S/C41H25N5/c1-3-13-25(14-4-1)39-43-40(26-15-5-2-6-16-26)45-41(44-39)46-36-22-12-10-20-30(36)37-33-24-35-32(28-18-9-11-21-34(28)42-35)23-31(33)27-17-7-8-19-29(27)38(37)46/h1-24,42H. The van der Waals surface area contributed by atoms with E-state index in [4.69, 9.17) is 15.0 Å². The number of nitrogens with one attached hydrogen (secondary N) is 1. The Hall–Kier alpha value is -6.33. The Morgan fingerprint density at radius 3 is 1.72 bits per heavy atom. The van der Waals surface area contributed by atoms with Gasteiger partial charge in [-0.25, -0.2) is 4.98 Å². The first-order valence-corrected chi connectivity index (χ1v) is 15.5. The molecule has 0 bridgehead atoms. The van der Waals surface area contributed by atoms with Gasteiger partial charge in [-0.1, -0.05) is 121 Å². The molecule has 0 aliphatic rings. The number of nitrogens with zero attached hydrogens (tertiary/aromatic N) is 4. The number of para-hydroxylation sites is 2. The molecule has 10 aromatic rings. The third-order valence-electron chi connectivity index (χ3n) is 9.15. The number of hydrogen-bond donors (Lipinski definition) is 1. The van der Waals surface area contributed by atoms with Crippen LogP contribution >= 0.6 is 0 Å². The number of aromatic amines is 1. The third-order valence-corrected chi connectivity index (χ3v) is 9.15. The van der Waals surface area contributed by atoms with Crippen molar-refractivity contribution in [1.29, 1.82) is 0 Å². The molecule has 3 heterocycles. The van der Waals surface area contributed by atoms with Crippen molar-refractivity contribution in [3.05, 3.63) is 146 Å². The van der Waals surface area contributed by atoms with Crippen molar-refractivity contribution in [2.45, 2.75) is 0 Å². The topological polar surface area (TPSA) is 59.4 Å². The van der Waals surface area contributed by atoms with Gasteiger partial charge in [0, 0.05) is 49.1 Å². The van der Waals surface area contributed by atoms with Gasteiger partial charge in [0.1, 0.15) is 0 Å². The van der Waals surface area contributed by atoms with Gasteiger partial charge in [0.2, 0.25) is 5.95 Å². The number of H-pyrrole nitrogens is 1. The molecule has 214 valence electrons. The second-order valence-corrected chi connectivity index (χ2v) is 11.8. The molecule has 5 heteroatoms. The highest BCUT2D eigenvalue weighted by molar-refractivity contribution is 6.34. The first kappa shape index (κ1) is 25.0. The van der Waals surface area contributed by atoms with Crippen LogP contribution in [0.4, 0.5) is 0 Å². The fourth-order valence-corrected chi connectivity index (χ4v) is 7.12. The van der Waals surface area contributed by atoms with E-state index in [-0.39, 0.29) is 0 Å². The highest BCUT2D eigenvalue weighted by atomic mass is 15.2. The van der Waals surface area contributed by atoms with E-state index in [1.54, 1.807) is 0 Å². The van der Waals surface area contributed by atoms with Gasteiger partial charge in [-0.2, -0.15) is 9.97 Å². The molecule has 0 spiro atoms. The Bertz CT molecular complexity index is 2740. The fourth-order valence-electron chi connectivity index (χ4n) is 7.12. The zero-order chi connectivity index (χ0) is 30.2. The van der Waals surface area contributed by atoms with E-state index >= 15 is 0 Å². The second kappa shape index (κ2) is 9.58. The van der Waals surface area contributed by atoms with Crippen LogP contribution in [0, 0.1) is 0 Å². The summed E-state index contributed by atoms with van der Waals surface area (Å²) in [5.74, 6) is 1.87. The molecule has 0 amide bonds. The van der Waals surface area contributed by atoms with E-state index < -0.39 is 0 Å². The molecule has 0 unspecified atom stereocenters. The molecule has 0 saturated heterocycles. The largest absolute Gasteiger partial charge is 0.354 e. The summed E-state index contributed by atoms with van der Waals surface area (Å²) in [4.78, 5) is 19.0. The molecular weight excluding hydrogens is 562 g/mol. The normalized spacial score (nSPS) is 11.9. The van der Waals surface area contributed by atoms with Crippen LogP contribution in [0.15, 0.2) is 146 Å². The number of rotatable bonds is 3. The fraction of sp³-hybridized carbons (Fsp3) is 0. The lowest BCUT2D eigenvalue weighted by atomic mass is 9.95. The lowest BCUT2D eigenvalue weighted by Crippen LogP contribution is -2.06. The summed E-state index contributed by atoms with van der Waals surface area (Å²) in [6.07, 6.45) is 0. The average molecular weight is 588 g/mol. The summed E-state index contributed by atoms with van der Waals surface area (Å²) in [5.41, 5.74) is 6.30. The van der Waals surface area contributed by atoms with Crippen LogP contribution in [0.5, 0.6) is 0 Å². The third kappa shape index (κ3) is 3.60. The maximum absolute atomic E-state index is 5.17. The zero-order valence-corrected chi connectivity index (χ0v) is 24.6. The smallest absolute Gasteiger partial charge is 0.238 e. The van der Waals surface area contributed by atoms with Crippen molar-refractivity contribution < 1.29 is 0 Å². The van der Waals surface area contributed by atoms with Gasteiger partial charge in [-0.05, 0) is 40.4 Å². The molecule has 0 atom stereocenters. The highest BCUT2D eigenvalue weighted by Gasteiger charge is 2.22. The van der Waals surface area contributed by atoms with E-state index in [2.05, 4.69) is 94.5 Å². The summed E-state index contributed by atoms with van der Waals surface area (Å²) in [6, 6.07) is 50.8. The Kier molecular flexibility index (Phi) is 5.22. The van der Waals surface area contributed by atoms with Gasteiger partial charge >= 0.3 is 0 Å². The minimum Gasteiger partial charge on any atom is -0.354 e. The molecule has 0 radical (unpaired) electrons. The van der Waals surface area contributed by atoms with Crippen LogP contribution in [0.25, 0.3) is 93.9 Å². The van der Waals surface area contributed by atoms with Gasteiger partial charge in [0.05, 0.1) is 11.0 Å². The number of aromatic nitrogens is 5. The van der Waals surface area contributed by atoms with Crippen molar-refractivity contribution >= 4 is 65.2 Å². The first-order chi connectivity index (χ1) is 22.8. The zero-order valence-electron chi connectivity index (χ0n) is 24.6. The van der Waals surface area contributed by atoms with Crippen molar-refractivity contribution in [1.82, 2.24) is 24.5 Å². The van der Waals surface area contributed by atoms with Gasteiger partial charge in [0.25, 0.3) is 0 Å². The van der Waals surface area contributed by atoms with E-state index in [1.807, 2.05) is 60.7 Å². The highest BCUT2D eigenvalue weighted by Crippen LogP contribution is 2.44. The van der Waals surface area contributed by atoms with E-state index in [0.717, 1.165) is 44.0 Å². The predicted octanol–water partition coefficient (Wildman–Crippen LogP) is 10.2. The Morgan fingerprint density at radius 1 is 0.413 bits per heavy atom. The minimum atomic E-state index is 0.593. The summed E-state index contributed by atoms with van der Waals surface area (Å²) in [5, 5.41) is 9.59. The molecule has 0 fully saturated rings. The number of benzene rings is 7. The quantitative estimate of drug-likeness (QED) is 0.209. The van der Waals surface area contributed by atoms with Crippen LogP contribution in [0.2, 0.25) is 0 Å². The van der Waals surface area contributed by atoms with E-state index in [9.17, 15) is 0 Å². The molecule has 0 aliphatic heterocycles.